The maximum absolute atomic E-state index is 13.3. The predicted octanol–water partition coefficient (Wildman–Crippen LogP) is 4.17. The molecule has 106 valence electrons. The summed E-state index contributed by atoms with van der Waals surface area (Å²) in [6.07, 6.45) is 0. The minimum absolute atomic E-state index is 0.122. The topological polar surface area (TPSA) is 21.3 Å². The molecule has 20 heavy (non-hydrogen) atoms. The number of benzene rings is 2. The van der Waals surface area contributed by atoms with E-state index in [2.05, 4.69) is 12.2 Å². The van der Waals surface area contributed by atoms with Crippen LogP contribution in [-0.4, -0.2) is 6.54 Å². The number of hydrogen-bond acceptors (Lipinski definition) is 2. The molecule has 0 saturated carbocycles. The van der Waals surface area contributed by atoms with E-state index in [1.165, 1.54) is 6.07 Å². The Morgan fingerprint density at radius 1 is 1.20 bits per heavy atom. The van der Waals surface area contributed by atoms with Crippen LogP contribution in [0.4, 0.5) is 4.39 Å². The van der Waals surface area contributed by atoms with E-state index in [4.69, 9.17) is 16.3 Å². The predicted molar refractivity (Wildman–Crippen MR) is 79.6 cm³/mol. The van der Waals surface area contributed by atoms with Gasteiger partial charge in [-0.2, -0.15) is 0 Å². The number of hydrogen-bond donors (Lipinski definition) is 1. The van der Waals surface area contributed by atoms with E-state index < -0.39 is 5.82 Å². The van der Waals surface area contributed by atoms with Gasteiger partial charge in [0.1, 0.15) is 18.2 Å². The highest BCUT2D eigenvalue weighted by molar-refractivity contribution is 6.31. The van der Waals surface area contributed by atoms with Gasteiger partial charge in [0.15, 0.2) is 0 Å². The summed E-state index contributed by atoms with van der Waals surface area (Å²) in [5.74, 6) is 0.328. The molecular formula is C16H17ClFNO. The van der Waals surface area contributed by atoms with E-state index in [-0.39, 0.29) is 11.6 Å². The molecule has 0 bridgehead atoms. The van der Waals surface area contributed by atoms with E-state index in [1.54, 1.807) is 12.1 Å². The molecule has 0 aliphatic rings. The molecule has 2 rings (SSSR count). The van der Waals surface area contributed by atoms with Crippen molar-refractivity contribution in [2.45, 2.75) is 20.1 Å². The zero-order valence-electron chi connectivity index (χ0n) is 11.3. The molecule has 0 heterocycles. The minimum atomic E-state index is -0.423. The third kappa shape index (κ3) is 3.95. The molecule has 0 saturated heterocycles. The van der Waals surface area contributed by atoms with Crippen molar-refractivity contribution in [3.63, 3.8) is 0 Å². The molecule has 0 unspecified atom stereocenters. The standard InChI is InChI=1S/C16H17ClFNO/c1-2-19-10-12-5-3-7-14(9-12)20-11-13-6-4-8-15(18)16(13)17/h3-9,19H,2,10-11H2,1H3. The monoisotopic (exact) mass is 293 g/mol. The molecule has 1 N–H and O–H groups in total. The Bertz CT molecular complexity index is 574. The largest absolute Gasteiger partial charge is 0.489 e. The van der Waals surface area contributed by atoms with Crippen LogP contribution < -0.4 is 10.1 Å². The van der Waals surface area contributed by atoms with Crippen LogP contribution >= 0.6 is 11.6 Å². The summed E-state index contributed by atoms with van der Waals surface area (Å²) in [6.45, 7) is 4.03. The Kier molecular flexibility index (Phi) is 5.39. The third-order valence-corrected chi connectivity index (χ3v) is 3.33. The van der Waals surface area contributed by atoms with Gasteiger partial charge in [-0.25, -0.2) is 4.39 Å². The Labute approximate surface area is 123 Å². The zero-order chi connectivity index (χ0) is 14.4. The maximum Gasteiger partial charge on any atom is 0.142 e. The fourth-order valence-electron chi connectivity index (χ4n) is 1.84. The van der Waals surface area contributed by atoms with Crippen LogP contribution in [0, 0.1) is 5.82 Å². The van der Waals surface area contributed by atoms with Gasteiger partial charge in [-0.3, -0.25) is 0 Å². The molecule has 4 heteroatoms. The van der Waals surface area contributed by atoms with E-state index in [0.29, 0.717) is 5.56 Å². The van der Waals surface area contributed by atoms with Crippen molar-refractivity contribution in [1.29, 1.82) is 0 Å². The highest BCUT2D eigenvalue weighted by Gasteiger charge is 2.06. The van der Waals surface area contributed by atoms with Gasteiger partial charge >= 0.3 is 0 Å². The van der Waals surface area contributed by atoms with Crippen molar-refractivity contribution in [1.82, 2.24) is 5.32 Å². The highest BCUT2D eigenvalue weighted by atomic mass is 35.5. The molecule has 0 aliphatic carbocycles. The van der Waals surface area contributed by atoms with Gasteiger partial charge < -0.3 is 10.1 Å². The maximum atomic E-state index is 13.3. The number of halogens is 2. The molecule has 0 aromatic heterocycles. The van der Waals surface area contributed by atoms with Crippen molar-refractivity contribution < 1.29 is 9.13 Å². The van der Waals surface area contributed by atoms with Crippen LogP contribution in [0.15, 0.2) is 42.5 Å². The Balaban J connectivity index is 2.01. The molecule has 2 nitrogen and oxygen atoms in total. The highest BCUT2D eigenvalue weighted by Crippen LogP contribution is 2.22. The Morgan fingerprint density at radius 2 is 2.00 bits per heavy atom. The van der Waals surface area contributed by atoms with E-state index in [0.717, 1.165) is 24.4 Å². The minimum Gasteiger partial charge on any atom is -0.489 e. The molecule has 0 spiro atoms. The van der Waals surface area contributed by atoms with Gasteiger partial charge in [-0.1, -0.05) is 42.8 Å². The van der Waals surface area contributed by atoms with Crippen LogP contribution in [0.5, 0.6) is 5.75 Å². The smallest absolute Gasteiger partial charge is 0.142 e. The van der Waals surface area contributed by atoms with Crippen LogP contribution in [0.2, 0.25) is 5.02 Å². The first-order valence-corrected chi connectivity index (χ1v) is 6.94. The summed E-state index contributed by atoms with van der Waals surface area (Å²) in [5, 5.41) is 3.38. The normalized spacial score (nSPS) is 10.6. The summed E-state index contributed by atoms with van der Waals surface area (Å²) in [7, 11) is 0. The third-order valence-electron chi connectivity index (χ3n) is 2.90. The van der Waals surface area contributed by atoms with Gasteiger partial charge in [-0.15, -0.1) is 0 Å². The summed E-state index contributed by atoms with van der Waals surface area (Å²) in [6, 6.07) is 12.5. The van der Waals surface area contributed by atoms with Gasteiger partial charge in [0.2, 0.25) is 0 Å². The molecule has 2 aromatic carbocycles. The van der Waals surface area contributed by atoms with Gasteiger partial charge in [0.25, 0.3) is 0 Å². The second kappa shape index (κ2) is 7.27. The summed E-state index contributed by atoms with van der Waals surface area (Å²) in [4.78, 5) is 0. The molecule has 2 aromatic rings. The summed E-state index contributed by atoms with van der Waals surface area (Å²) in [5.41, 5.74) is 1.79. The van der Waals surface area contributed by atoms with Crippen LogP contribution in [0.1, 0.15) is 18.1 Å². The first kappa shape index (κ1) is 14.8. The lowest BCUT2D eigenvalue weighted by Crippen LogP contribution is -2.11. The lowest BCUT2D eigenvalue weighted by atomic mass is 10.2. The molecule has 0 radical (unpaired) electrons. The quantitative estimate of drug-likeness (QED) is 0.863. The molecule has 0 amide bonds. The van der Waals surface area contributed by atoms with Gasteiger partial charge in [0.05, 0.1) is 5.02 Å². The fourth-order valence-corrected chi connectivity index (χ4v) is 2.02. The summed E-state index contributed by atoms with van der Waals surface area (Å²) >= 11 is 5.89. The van der Waals surface area contributed by atoms with Crippen molar-refractivity contribution in [3.05, 3.63) is 64.4 Å². The summed E-state index contributed by atoms with van der Waals surface area (Å²) < 4.78 is 19.0. The zero-order valence-corrected chi connectivity index (χ0v) is 12.1. The Hall–Kier alpha value is -1.58. The van der Waals surface area contributed by atoms with Crippen molar-refractivity contribution >= 4 is 11.6 Å². The van der Waals surface area contributed by atoms with E-state index in [9.17, 15) is 4.39 Å². The van der Waals surface area contributed by atoms with Crippen LogP contribution in [0.25, 0.3) is 0 Å². The van der Waals surface area contributed by atoms with E-state index in [1.807, 2.05) is 24.3 Å². The second-order valence-electron chi connectivity index (χ2n) is 4.43. The van der Waals surface area contributed by atoms with E-state index >= 15 is 0 Å². The second-order valence-corrected chi connectivity index (χ2v) is 4.81. The van der Waals surface area contributed by atoms with Crippen molar-refractivity contribution in [2.24, 2.45) is 0 Å². The lowest BCUT2D eigenvalue weighted by molar-refractivity contribution is 0.305. The fraction of sp³-hybridized carbons (Fsp3) is 0.250. The molecule has 0 atom stereocenters. The van der Waals surface area contributed by atoms with Gasteiger partial charge in [-0.05, 0) is 30.3 Å². The lowest BCUT2D eigenvalue weighted by Gasteiger charge is -2.10. The molecular weight excluding hydrogens is 277 g/mol. The van der Waals surface area contributed by atoms with Gasteiger partial charge in [0, 0.05) is 12.1 Å². The molecule has 0 fully saturated rings. The van der Waals surface area contributed by atoms with Crippen molar-refractivity contribution in [3.8, 4) is 5.75 Å². The first-order valence-electron chi connectivity index (χ1n) is 6.56. The average molecular weight is 294 g/mol. The number of nitrogens with one attached hydrogen (secondary N) is 1. The number of ether oxygens (including phenoxy) is 1. The van der Waals surface area contributed by atoms with Crippen molar-refractivity contribution in [2.75, 3.05) is 6.54 Å². The first-order chi connectivity index (χ1) is 9.70. The number of rotatable bonds is 6. The average Bonchev–Trinajstić information content (AvgIpc) is 2.47. The molecule has 0 aliphatic heterocycles. The SMILES string of the molecule is CCNCc1cccc(OCc2cccc(F)c2Cl)c1. The van der Waals surface area contributed by atoms with Crippen LogP contribution in [-0.2, 0) is 13.2 Å². The Morgan fingerprint density at radius 3 is 2.80 bits per heavy atom. The van der Waals surface area contributed by atoms with Crippen LogP contribution in [0.3, 0.4) is 0 Å².